The molecular formula is C13H12ClNOS. The molecule has 1 aromatic heterocycles. The zero-order chi connectivity index (χ0) is 12.3. The van der Waals surface area contributed by atoms with Crippen molar-refractivity contribution in [3.8, 4) is 0 Å². The van der Waals surface area contributed by atoms with Gasteiger partial charge in [0.15, 0.2) is 0 Å². The Hall–Kier alpha value is -1.19. The van der Waals surface area contributed by atoms with E-state index in [-0.39, 0.29) is 5.25 Å². The minimum atomic E-state index is -1.14. The van der Waals surface area contributed by atoms with Gasteiger partial charge in [-0.15, -0.1) is 0 Å². The van der Waals surface area contributed by atoms with Crippen LogP contribution in [-0.4, -0.2) is 9.19 Å². The first-order chi connectivity index (χ1) is 8.18. The van der Waals surface area contributed by atoms with Gasteiger partial charge >= 0.3 is 0 Å². The van der Waals surface area contributed by atoms with Crippen molar-refractivity contribution >= 4 is 22.4 Å². The van der Waals surface area contributed by atoms with Gasteiger partial charge in [0.2, 0.25) is 0 Å². The van der Waals surface area contributed by atoms with E-state index in [1.54, 1.807) is 12.3 Å². The highest BCUT2D eigenvalue weighted by molar-refractivity contribution is 7.85. The molecule has 0 aliphatic rings. The first kappa shape index (κ1) is 12.3. The zero-order valence-corrected chi connectivity index (χ0v) is 10.9. The summed E-state index contributed by atoms with van der Waals surface area (Å²) in [5, 5.41) is 1.20. The van der Waals surface area contributed by atoms with Gasteiger partial charge in [-0.3, -0.25) is 4.21 Å². The Balaban J connectivity index is 2.23. The third-order valence-electron chi connectivity index (χ3n) is 2.50. The SMILES string of the molecule is CC(c1ccc(Cl)cc1)S(=O)c1ccccn1. The van der Waals surface area contributed by atoms with Crippen molar-refractivity contribution in [2.75, 3.05) is 0 Å². The highest BCUT2D eigenvalue weighted by Crippen LogP contribution is 2.24. The van der Waals surface area contributed by atoms with Crippen molar-refractivity contribution in [3.05, 3.63) is 59.2 Å². The lowest BCUT2D eigenvalue weighted by molar-refractivity contribution is 0.673. The second-order valence-corrected chi connectivity index (χ2v) is 5.82. The molecule has 2 aromatic rings. The predicted octanol–water partition coefficient (Wildman–Crippen LogP) is 3.60. The van der Waals surface area contributed by atoms with Crippen LogP contribution >= 0.6 is 11.6 Å². The first-order valence-corrected chi connectivity index (χ1v) is 6.84. The average molecular weight is 266 g/mol. The predicted molar refractivity (Wildman–Crippen MR) is 70.5 cm³/mol. The van der Waals surface area contributed by atoms with Crippen LogP contribution in [-0.2, 0) is 10.8 Å². The van der Waals surface area contributed by atoms with Gasteiger partial charge in [-0.2, -0.15) is 0 Å². The Bertz CT molecular complexity index is 513. The second-order valence-electron chi connectivity index (χ2n) is 3.66. The summed E-state index contributed by atoms with van der Waals surface area (Å²) in [4.78, 5) is 4.12. The summed E-state index contributed by atoms with van der Waals surface area (Å²) in [7, 11) is -1.14. The lowest BCUT2D eigenvalue weighted by atomic mass is 10.2. The molecule has 0 fully saturated rings. The maximum Gasteiger partial charge on any atom is 0.127 e. The van der Waals surface area contributed by atoms with E-state index in [1.165, 1.54) is 0 Å². The van der Waals surface area contributed by atoms with Crippen molar-refractivity contribution in [2.24, 2.45) is 0 Å². The van der Waals surface area contributed by atoms with E-state index in [9.17, 15) is 4.21 Å². The molecule has 0 aliphatic heterocycles. The Morgan fingerprint density at radius 2 is 1.88 bits per heavy atom. The monoisotopic (exact) mass is 265 g/mol. The van der Waals surface area contributed by atoms with Gasteiger partial charge < -0.3 is 0 Å². The summed E-state index contributed by atoms with van der Waals surface area (Å²) in [5.41, 5.74) is 0.999. The number of hydrogen-bond acceptors (Lipinski definition) is 2. The van der Waals surface area contributed by atoms with E-state index in [4.69, 9.17) is 11.6 Å². The fourth-order valence-corrected chi connectivity index (χ4v) is 2.77. The molecule has 17 heavy (non-hydrogen) atoms. The van der Waals surface area contributed by atoms with E-state index < -0.39 is 10.8 Å². The summed E-state index contributed by atoms with van der Waals surface area (Å²) in [6.45, 7) is 1.92. The minimum absolute atomic E-state index is 0.0952. The molecular weight excluding hydrogens is 254 g/mol. The van der Waals surface area contributed by atoms with Crippen LogP contribution < -0.4 is 0 Å². The van der Waals surface area contributed by atoms with Gasteiger partial charge in [0.1, 0.15) is 5.03 Å². The number of halogens is 1. The van der Waals surface area contributed by atoms with Gasteiger partial charge in [-0.25, -0.2) is 4.98 Å². The maximum absolute atomic E-state index is 12.2. The fourth-order valence-electron chi connectivity index (χ4n) is 1.50. The van der Waals surface area contributed by atoms with Crippen LogP contribution in [0.25, 0.3) is 0 Å². The van der Waals surface area contributed by atoms with Crippen molar-refractivity contribution in [2.45, 2.75) is 17.2 Å². The van der Waals surface area contributed by atoms with E-state index in [0.29, 0.717) is 10.0 Å². The van der Waals surface area contributed by atoms with Crippen LogP contribution in [0.3, 0.4) is 0 Å². The quantitative estimate of drug-likeness (QED) is 0.849. The Kier molecular flexibility index (Phi) is 3.92. The van der Waals surface area contributed by atoms with Crippen LogP contribution in [0.4, 0.5) is 0 Å². The molecule has 0 amide bonds. The number of rotatable bonds is 3. The van der Waals surface area contributed by atoms with Gasteiger partial charge in [-0.05, 0) is 36.8 Å². The fraction of sp³-hybridized carbons (Fsp3) is 0.154. The Labute approximate surface area is 108 Å². The van der Waals surface area contributed by atoms with Crippen molar-refractivity contribution in [3.63, 3.8) is 0 Å². The van der Waals surface area contributed by atoms with Crippen LogP contribution in [0.1, 0.15) is 17.7 Å². The van der Waals surface area contributed by atoms with E-state index in [1.807, 2.05) is 43.3 Å². The topological polar surface area (TPSA) is 30.0 Å². The largest absolute Gasteiger partial charge is 0.252 e. The smallest absolute Gasteiger partial charge is 0.127 e. The van der Waals surface area contributed by atoms with Gasteiger partial charge in [0.05, 0.1) is 16.0 Å². The summed E-state index contributed by atoms with van der Waals surface area (Å²) < 4.78 is 12.2. The third kappa shape index (κ3) is 2.93. The summed E-state index contributed by atoms with van der Waals surface area (Å²) in [6, 6.07) is 12.8. The molecule has 0 radical (unpaired) electrons. The number of benzene rings is 1. The molecule has 88 valence electrons. The molecule has 4 heteroatoms. The lowest BCUT2D eigenvalue weighted by Crippen LogP contribution is -2.04. The highest BCUT2D eigenvalue weighted by Gasteiger charge is 2.16. The average Bonchev–Trinajstić information content (AvgIpc) is 2.39. The van der Waals surface area contributed by atoms with Gasteiger partial charge in [-0.1, -0.05) is 29.8 Å². The maximum atomic E-state index is 12.2. The Morgan fingerprint density at radius 3 is 2.47 bits per heavy atom. The summed E-state index contributed by atoms with van der Waals surface area (Å²) >= 11 is 5.82. The molecule has 1 aromatic carbocycles. The highest BCUT2D eigenvalue weighted by atomic mass is 35.5. The van der Waals surface area contributed by atoms with Crippen LogP contribution in [0, 0.1) is 0 Å². The molecule has 2 rings (SSSR count). The first-order valence-electron chi connectivity index (χ1n) is 5.25. The Morgan fingerprint density at radius 1 is 1.18 bits per heavy atom. The molecule has 0 N–H and O–H groups in total. The van der Waals surface area contributed by atoms with Crippen molar-refractivity contribution in [1.82, 2.24) is 4.98 Å². The molecule has 0 saturated carbocycles. The molecule has 0 spiro atoms. The van der Waals surface area contributed by atoms with E-state index in [2.05, 4.69) is 4.98 Å². The van der Waals surface area contributed by atoms with Crippen LogP contribution in [0.15, 0.2) is 53.7 Å². The van der Waals surface area contributed by atoms with Crippen molar-refractivity contribution < 1.29 is 4.21 Å². The number of hydrogen-bond donors (Lipinski definition) is 0. The second kappa shape index (κ2) is 5.43. The number of pyridine rings is 1. The minimum Gasteiger partial charge on any atom is -0.252 e. The van der Waals surface area contributed by atoms with Gasteiger partial charge in [0, 0.05) is 11.2 Å². The zero-order valence-electron chi connectivity index (χ0n) is 9.34. The number of nitrogens with zero attached hydrogens (tertiary/aromatic N) is 1. The molecule has 2 atom stereocenters. The molecule has 0 aliphatic carbocycles. The normalized spacial score (nSPS) is 14.2. The van der Waals surface area contributed by atoms with Crippen LogP contribution in [0.5, 0.6) is 0 Å². The molecule has 2 unspecified atom stereocenters. The molecule has 1 heterocycles. The molecule has 0 saturated heterocycles. The summed E-state index contributed by atoms with van der Waals surface area (Å²) in [5.74, 6) is 0. The molecule has 0 bridgehead atoms. The number of aromatic nitrogens is 1. The molecule has 2 nitrogen and oxygen atoms in total. The van der Waals surface area contributed by atoms with E-state index in [0.717, 1.165) is 5.56 Å². The standard InChI is InChI=1S/C13H12ClNOS/c1-10(11-5-7-12(14)8-6-11)17(16)13-4-2-3-9-15-13/h2-10H,1H3. The van der Waals surface area contributed by atoms with Crippen LogP contribution in [0.2, 0.25) is 5.02 Å². The third-order valence-corrected chi connectivity index (χ3v) is 4.32. The summed E-state index contributed by atoms with van der Waals surface area (Å²) in [6.07, 6.45) is 1.65. The lowest BCUT2D eigenvalue weighted by Gasteiger charge is -2.11. The van der Waals surface area contributed by atoms with Crippen molar-refractivity contribution in [1.29, 1.82) is 0 Å². The van der Waals surface area contributed by atoms with E-state index >= 15 is 0 Å². The van der Waals surface area contributed by atoms with Gasteiger partial charge in [0.25, 0.3) is 0 Å².